The summed E-state index contributed by atoms with van der Waals surface area (Å²) in [6.45, 7) is 2.90. The Bertz CT molecular complexity index is 546. The fourth-order valence-electron chi connectivity index (χ4n) is 2.21. The molecule has 4 nitrogen and oxygen atoms in total. The van der Waals surface area contributed by atoms with E-state index in [2.05, 4.69) is 17.0 Å². The summed E-state index contributed by atoms with van der Waals surface area (Å²) in [5, 5.41) is 4.84. The van der Waals surface area contributed by atoms with Gasteiger partial charge < -0.3 is 4.74 Å². The first kappa shape index (κ1) is 11.0. The zero-order valence-electron chi connectivity index (χ0n) is 9.69. The topological polar surface area (TPSA) is 39.4 Å². The van der Waals surface area contributed by atoms with Crippen LogP contribution in [0.25, 0.3) is 5.65 Å². The minimum Gasteiger partial charge on any atom is -0.372 e. The molecule has 3 heterocycles. The minimum absolute atomic E-state index is 0.0945. The van der Waals surface area contributed by atoms with Crippen LogP contribution < -0.4 is 0 Å². The third-order valence-corrected chi connectivity index (χ3v) is 3.43. The van der Waals surface area contributed by atoms with Gasteiger partial charge >= 0.3 is 0 Å². The van der Waals surface area contributed by atoms with E-state index in [-0.39, 0.29) is 6.10 Å². The van der Waals surface area contributed by atoms with Gasteiger partial charge in [0.25, 0.3) is 0 Å². The van der Waals surface area contributed by atoms with E-state index in [0.717, 1.165) is 42.8 Å². The molecular weight excluding hydrogens is 238 g/mol. The van der Waals surface area contributed by atoms with E-state index in [0.29, 0.717) is 5.15 Å². The van der Waals surface area contributed by atoms with Gasteiger partial charge in [-0.15, -0.1) is 0 Å². The van der Waals surface area contributed by atoms with E-state index in [1.807, 2.05) is 12.3 Å². The van der Waals surface area contributed by atoms with Crippen LogP contribution in [-0.4, -0.2) is 21.2 Å². The Kier molecular flexibility index (Phi) is 2.76. The number of halogens is 1. The quantitative estimate of drug-likeness (QED) is 0.771. The molecule has 0 bridgehead atoms. The number of nitrogens with zero attached hydrogens (tertiary/aromatic N) is 3. The number of rotatable bonds is 2. The molecule has 3 rings (SSSR count). The van der Waals surface area contributed by atoms with Crippen molar-refractivity contribution in [3.8, 4) is 0 Å². The molecule has 17 heavy (non-hydrogen) atoms. The molecule has 0 saturated carbocycles. The summed E-state index contributed by atoms with van der Waals surface area (Å²) in [4.78, 5) is 4.64. The minimum atomic E-state index is 0.0945. The van der Waals surface area contributed by atoms with Crippen molar-refractivity contribution in [1.82, 2.24) is 14.6 Å². The number of ether oxygens (including phenoxy) is 1. The summed E-state index contributed by atoms with van der Waals surface area (Å²) >= 11 is 6.22. The standard InChI is InChI=1S/C12H14ClN3O/c1-2-8-7-14-16-11(13)6-9(15-12(8)16)10-4-3-5-17-10/h6-7,10H,2-5H2,1H3. The molecule has 1 saturated heterocycles. The van der Waals surface area contributed by atoms with Crippen LogP contribution in [0.2, 0.25) is 5.15 Å². The van der Waals surface area contributed by atoms with E-state index in [9.17, 15) is 0 Å². The predicted molar refractivity (Wildman–Crippen MR) is 65.3 cm³/mol. The Hall–Kier alpha value is -1.13. The van der Waals surface area contributed by atoms with Crippen LogP contribution in [0.5, 0.6) is 0 Å². The molecule has 1 aliphatic heterocycles. The lowest BCUT2D eigenvalue weighted by Crippen LogP contribution is -2.03. The second-order valence-corrected chi connectivity index (χ2v) is 4.65. The number of hydrogen-bond acceptors (Lipinski definition) is 3. The fraction of sp³-hybridized carbons (Fsp3) is 0.500. The van der Waals surface area contributed by atoms with Gasteiger partial charge in [-0.25, -0.2) is 9.50 Å². The highest BCUT2D eigenvalue weighted by Gasteiger charge is 2.21. The van der Waals surface area contributed by atoms with Crippen LogP contribution in [0.15, 0.2) is 12.3 Å². The Morgan fingerprint density at radius 1 is 1.59 bits per heavy atom. The predicted octanol–water partition coefficient (Wildman–Crippen LogP) is 2.80. The molecule has 0 N–H and O–H groups in total. The fourth-order valence-corrected chi connectivity index (χ4v) is 2.45. The molecule has 2 aromatic heterocycles. The number of aromatic nitrogens is 3. The zero-order chi connectivity index (χ0) is 11.8. The average molecular weight is 252 g/mol. The smallest absolute Gasteiger partial charge is 0.160 e. The maximum Gasteiger partial charge on any atom is 0.160 e. The first-order chi connectivity index (χ1) is 8.29. The van der Waals surface area contributed by atoms with Crippen LogP contribution in [0.3, 0.4) is 0 Å². The lowest BCUT2D eigenvalue weighted by Gasteiger charge is -2.10. The first-order valence-corrected chi connectivity index (χ1v) is 6.32. The molecule has 5 heteroatoms. The SMILES string of the molecule is CCc1cnn2c(Cl)cc(C3CCCO3)nc12. The van der Waals surface area contributed by atoms with Crippen LogP contribution in [0, 0.1) is 0 Å². The maximum atomic E-state index is 6.22. The number of aryl methyl sites for hydroxylation is 1. The molecule has 1 atom stereocenters. The van der Waals surface area contributed by atoms with Crippen LogP contribution in [0.4, 0.5) is 0 Å². The Balaban J connectivity index is 2.13. The number of hydrogen-bond donors (Lipinski definition) is 0. The summed E-state index contributed by atoms with van der Waals surface area (Å²) in [6, 6.07) is 1.86. The average Bonchev–Trinajstić information content (AvgIpc) is 2.97. The Morgan fingerprint density at radius 3 is 3.18 bits per heavy atom. The lowest BCUT2D eigenvalue weighted by molar-refractivity contribution is 0.109. The second kappa shape index (κ2) is 4.27. The molecule has 0 aromatic carbocycles. The maximum absolute atomic E-state index is 6.22. The summed E-state index contributed by atoms with van der Waals surface area (Å²) in [6.07, 6.45) is 4.94. The molecular formula is C12H14ClN3O. The van der Waals surface area contributed by atoms with Crippen molar-refractivity contribution in [3.05, 3.63) is 28.7 Å². The summed E-state index contributed by atoms with van der Waals surface area (Å²) in [5.41, 5.74) is 2.90. The van der Waals surface area contributed by atoms with Gasteiger partial charge in [-0.05, 0) is 25.3 Å². The highest BCUT2D eigenvalue weighted by atomic mass is 35.5. The third kappa shape index (κ3) is 1.81. The molecule has 1 unspecified atom stereocenters. The van der Waals surface area contributed by atoms with Crippen LogP contribution >= 0.6 is 11.6 Å². The van der Waals surface area contributed by atoms with Crippen molar-refractivity contribution in [3.63, 3.8) is 0 Å². The van der Waals surface area contributed by atoms with Crippen molar-refractivity contribution in [1.29, 1.82) is 0 Å². The van der Waals surface area contributed by atoms with Gasteiger partial charge in [0.1, 0.15) is 5.15 Å². The molecule has 1 aliphatic rings. The Morgan fingerprint density at radius 2 is 2.47 bits per heavy atom. The lowest BCUT2D eigenvalue weighted by atomic mass is 10.2. The van der Waals surface area contributed by atoms with E-state index in [1.165, 1.54) is 0 Å². The normalized spacial score (nSPS) is 20.2. The summed E-state index contributed by atoms with van der Waals surface area (Å²) in [5.74, 6) is 0. The molecule has 0 spiro atoms. The molecule has 1 fully saturated rings. The summed E-state index contributed by atoms with van der Waals surface area (Å²) in [7, 11) is 0. The van der Waals surface area contributed by atoms with Gasteiger partial charge in [0.2, 0.25) is 0 Å². The zero-order valence-corrected chi connectivity index (χ0v) is 10.4. The van der Waals surface area contributed by atoms with Gasteiger partial charge in [-0.3, -0.25) is 0 Å². The van der Waals surface area contributed by atoms with Gasteiger partial charge in [0, 0.05) is 12.2 Å². The van der Waals surface area contributed by atoms with Gasteiger partial charge in [0.05, 0.1) is 18.0 Å². The van der Waals surface area contributed by atoms with Crippen molar-refractivity contribution in [2.24, 2.45) is 0 Å². The van der Waals surface area contributed by atoms with Gasteiger partial charge in [-0.1, -0.05) is 18.5 Å². The second-order valence-electron chi connectivity index (χ2n) is 4.26. The van der Waals surface area contributed by atoms with E-state index < -0.39 is 0 Å². The molecule has 90 valence electrons. The largest absolute Gasteiger partial charge is 0.372 e. The van der Waals surface area contributed by atoms with Gasteiger partial charge in [0.15, 0.2) is 5.65 Å². The van der Waals surface area contributed by atoms with Crippen LogP contribution in [-0.2, 0) is 11.2 Å². The monoisotopic (exact) mass is 251 g/mol. The van der Waals surface area contributed by atoms with Crippen molar-refractivity contribution >= 4 is 17.2 Å². The highest BCUT2D eigenvalue weighted by Crippen LogP contribution is 2.29. The van der Waals surface area contributed by atoms with Crippen LogP contribution in [0.1, 0.15) is 37.1 Å². The van der Waals surface area contributed by atoms with Crippen molar-refractivity contribution in [2.75, 3.05) is 6.61 Å². The van der Waals surface area contributed by atoms with Crippen molar-refractivity contribution < 1.29 is 4.74 Å². The molecule has 0 aliphatic carbocycles. The van der Waals surface area contributed by atoms with E-state index >= 15 is 0 Å². The molecule has 0 amide bonds. The molecule has 2 aromatic rings. The highest BCUT2D eigenvalue weighted by molar-refractivity contribution is 6.29. The van der Waals surface area contributed by atoms with Gasteiger partial charge in [-0.2, -0.15) is 5.10 Å². The molecule has 0 radical (unpaired) electrons. The Labute approximate surface area is 105 Å². The number of fused-ring (bicyclic) bond motifs is 1. The van der Waals surface area contributed by atoms with E-state index in [1.54, 1.807) is 4.52 Å². The van der Waals surface area contributed by atoms with E-state index in [4.69, 9.17) is 16.3 Å². The summed E-state index contributed by atoms with van der Waals surface area (Å²) < 4.78 is 7.32. The third-order valence-electron chi connectivity index (χ3n) is 3.16. The first-order valence-electron chi connectivity index (χ1n) is 5.94. The van der Waals surface area contributed by atoms with Crippen molar-refractivity contribution in [2.45, 2.75) is 32.3 Å².